The van der Waals surface area contributed by atoms with E-state index in [1.165, 1.54) is 4.90 Å². The lowest BCUT2D eigenvalue weighted by Crippen LogP contribution is -2.51. The Morgan fingerprint density at radius 2 is 1.95 bits per heavy atom. The van der Waals surface area contributed by atoms with Crippen LogP contribution in [0.3, 0.4) is 0 Å². The third kappa shape index (κ3) is 2.43. The molecule has 1 fully saturated rings. The third-order valence-corrected chi connectivity index (χ3v) is 3.43. The van der Waals surface area contributed by atoms with Gasteiger partial charge >= 0.3 is 12.1 Å². The Hall–Kier alpha value is -1.45. The van der Waals surface area contributed by atoms with Gasteiger partial charge in [-0.1, -0.05) is 0 Å². The van der Waals surface area contributed by atoms with Crippen LogP contribution in [0.25, 0.3) is 0 Å². The molecule has 2 unspecified atom stereocenters. The van der Waals surface area contributed by atoms with Crippen molar-refractivity contribution in [2.45, 2.75) is 43.9 Å². The summed E-state index contributed by atoms with van der Waals surface area (Å²) in [5.74, 6) is -6.75. The number of H-pyrrole nitrogens is 1. The van der Waals surface area contributed by atoms with Gasteiger partial charge in [-0.15, -0.1) is 5.10 Å². The quantitative estimate of drug-likeness (QED) is 0.817. The van der Waals surface area contributed by atoms with Gasteiger partial charge in [0.25, 0.3) is 0 Å². The molecule has 1 aliphatic heterocycles. The van der Waals surface area contributed by atoms with Crippen molar-refractivity contribution in [3.63, 3.8) is 0 Å². The maximum absolute atomic E-state index is 13.1. The van der Waals surface area contributed by atoms with E-state index in [-0.39, 0.29) is 18.0 Å². The Labute approximate surface area is 111 Å². The molecule has 20 heavy (non-hydrogen) atoms. The summed E-state index contributed by atoms with van der Waals surface area (Å²) in [7, 11) is 0. The lowest BCUT2D eigenvalue weighted by molar-refractivity contribution is -0.292. The highest BCUT2D eigenvalue weighted by atomic mass is 19.4. The van der Waals surface area contributed by atoms with E-state index in [0.717, 1.165) is 6.42 Å². The van der Waals surface area contributed by atoms with Crippen LogP contribution in [0.1, 0.15) is 25.6 Å². The average Bonchev–Trinajstić information content (AvgIpc) is 2.81. The van der Waals surface area contributed by atoms with Crippen LogP contribution in [-0.4, -0.2) is 40.0 Å². The minimum atomic E-state index is -5.71. The molecule has 5 nitrogen and oxygen atoms in total. The maximum Gasteiger partial charge on any atom is 0.461 e. The van der Waals surface area contributed by atoms with E-state index in [1.807, 2.05) is 0 Å². The van der Waals surface area contributed by atoms with E-state index in [1.54, 1.807) is 12.0 Å². The molecule has 114 valence electrons. The second kappa shape index (κ2) is 4.83. The Morgan fingerprint density at radius 3 is 2.55 bits per heavy atom. The molecule has 1 saturated heterocycles. The van der Waals surface area contributed by atoms with Gasteiger partial charge in [-0.2, -0.15) is 26.9 Å². The van der Waals surface area contributed by atoms with Gasteiger partial charge in [0, 0.05) is 18.6 Å². The molecule has 2 heterocycles. The predicted molar refractivity (Wildman–Crippen MR) is 60.3 cm³/mol. The number of halogens is 5. The van der Waals surface area contributed by atoms with Gasteiger partial charge in [0.05, 0.1) is 0 Å². The fourth-order valence-electron chi connectivity index (χ4n) is 2.11. The third-order valence-electron chi connectivity index (χ3n) is 3.43. The Morgan fingerprint density at radius 1 is 1.30 bits per heavy atom. The van der Waals surface area contributed by atoms with Crippen LogP contribution in [0.2, 0.25) is 0 Å². The van der Waals surface area contributed by atoms with Gasteiger partial charge in [-0.25, -0.2) is 0 Å². The summed E-state index contributed by atoms with van der Waals surface area (Å²) in [5.41, 5.74) is 5.83. The molecule has 0 saturated carbocycles. The monoisotopic (exact) mass is 299 g/mol. The van der Waals surface area contributed by atoms with Gasteiger partial charge in [0.2, 0.25) is 11.8 Å². The molecule has 0 spiro atoms. The van der Waals surface area contributed by atoms with Crippen molar-refractivity contribution < 1.29 is 22.0 Å². The summed E-state index contributed by atoms with van der Waals surface area (Å²) >= 11 is 0. The number of nitrogens with two attached hydrogens (primary N) is 1. The van der Waals surface area contributed by atoms with Crippen molar-refractivity contribution in [1.29, 1.82) is 0 Å². The van der Waals surface area contributed by atoms with Crippen LogP contribution in [0.5, 0.6) is 0 Å². The molecule has 1 aromatic rings. The highest BCUT2D eigenvalue weighted by Gasteiger charge is 2.61. The molecule has 2 rings (SSSR count). The van der Waals surface area contributed by atoms with Crippen molar-refractivity contribution in [3.05, 3.63) is 5.82 Å². The Bertz CT molecular complexity index is 471. The van der Waals surface area contributed by atoms with Crippen LogP contribution in [0.15, 0.2) is 0 Å². The van der Waals surface area contributed by atoms with Crippen molar-refractivity contribution in [3.8, 4) is 0 Å². The fourth-order valence-corrected chi connectivity index (χ4v) is 2.11. The summed E-state index contributed by atoms with van der Waals surface area (Å²) in [4.78, 5) is 4.82. The van der Waals surface area contributed by atoms with Gasteiger partial charge in [-0.05, 0) is 19.8 Å². The first-order valence-corrected chi connectivity index (χ1v) is 6.04. The van der Waals surface area contributed by atoms with Crippen molar-refractivity contribution >= 4 is 5.95 Å². The summed E-state index contributed by atoms with van der Waals surface area (Å²) < 4.78 is 62.9. The van der Waals surface area contributed by atoms with Crippen LogP contribution < -0.4 is 10.6 Å². The molecule has 0 amide bonds. The number of aromatic nitrogens is 3. The zero-order valence-corrected chi connectivity index (χ0v) is 10.6. The van der Waals surface area contributed by atoms with Gasteiger partial charge in [0.15, 0.2) is 0 Å². The van der Waals surface area contributed by atoms with Crippen molar-refractivity contribution in [2.24, 2.45) is 5.73 Å². The summed E-state index contributed by atoms with van der Waals surface area (Å²) in [6, 6.07) is -0.430. The zero-order valence-electron chi connectivity index (χ0n) is 10.6. The Kier molecular flexibility index (Phi) is 3.61. The van der Waals surface area contributed by atoms with Gasteiger partial charge < -0.3 is 10.6 Å². The van der Waals surface area contributed by atoms with E-state index in [0.29, 0.717) is 13.0 Å². The van der Waals surface area contributed by atoms with E-state index < -0.39 is 17.9 Å². The van der Waals surface area contributed by atoms with E-state index in [4.69, 9.17) is 5.73 Å². The molecule has 10 heteroatoms. The van der Waals surface area contributed by atoms with Crippen LogP contribution in [-0.2, 0) is 5.92 Å². The van der Waals surface area contributed by atoms with E-state index in [9.17, 15) is 22.0 Å². The van der Waals surface area contributed by atoms with Crippen molar-refractivity contribution in [2.75, 3.05) is 11.4 Å². The number of hydrogen-bond donors (Lipinski definition) is 2. The highest BCUT2D eigenvalue weighted by Crippen LogP contribution is 2.42. The zero-order chi connectivity index (χ0) is 15.1. The minimum absolute atomic E-state index is 0.188. The number of aromatic amines is 1. The molecule has 0 radical (unpaired) electrons. The van der Waals surface area contributed by atoms with Crippen LogP contribution in [0, 0.1) is 0 Å². The SMILES string of the molecule is CC1C(N)CCCN1c1n[nH]c(C(F)(F)C(F)(F)F)n1. The minimum Gasteiger partial charge on any atom is -0.335 e. The maximum atomic E-state index is 13.1. The first kappa shape index (κ1) is 14.9. The summed E-state index contributed by atoms with van der Waals surface area (Å²) in [5, 5.41) is 5.13. The normalized spacial score (nSPS) is 25.1. The average molecular weight is 299 g/mol. The molecular weight excluding hydrogens is 285 g/mol. The van der Waals surface area contributed by atoms with Crippen molar-refractivity contribution in [1.82, 2.24) is 15.2 Å². The number of anilines is 1. The van der Waals surface area contributed by atoms with Crippen LogP contribution in [0.4, 0.5) is 27.9 Å². The van der Waals surface area contributed by atoms with Crippen LogP contribution >= 0.6 is 0 Å². The summed E-state index contributed by atoms with van der Waals surface area (Å²) in [6.07, 6.45) is -4.26. The standard InChI is InChI=1S/C10H14F5N5/c1-5-6(16)3-2-4-20(5)8-17-7(18-19-8)9(11,12)10(13,14)15/h5-6H,2-4,16H2,1H3,(H,17,18,19). The molecule has 0 bridgehead atoms. The second-order valence-corrected chi connectivity index (χ2v) is 4.80. The molecule has 2 atom stereocenters. The first-order chi connectivity index (χ1) is 9.14. The molecule has 1 aromatic heterocycles. The molecule has 3 N–H and O–H groups in total. The molecule has 0 aliphatic carbocycles. The number of alkyl halides is 5. The predicted octanol–water partition coefficient (Wildman–Crippen LogP) is 1.77. The van der Waals surface area contributed by atoms with E-state index >= 15 is 0 Å². The topological polar surface area (TPSA) is 70.8 Å². The number of hydrogen-bond acceptors (Lipinski definition) is 4. The largest absolute Gasteiger partial charge is 0.461 e. The molecule has 0 aromatic carbocycles. The number of nitrogens with zero attached hydrogens (tertiary/aromatic N) is 3. The smallest absolute Gasteiger partial charge is 0.335 e. The van der Waals surface area contributed by atoms with Gasteiger partial charge in [0.1, 0.15) is 0 Å². The number of piperidine rings is 1. The molecular formula is C10H14F5N5. The lowest BCUT2D eigenvalue weighted by atomic mass is 9.99. The number of rotatable bonds is 2. The lowest BCUT2D eigenvalue weighted by Gasteiger charge is -2.36. The summed E-state index contributed by atoms with van der Waals surface area (Å²) in [6.45, 7) is 2.21. The second-order valence-electron chi connectivity index (χ2n) is 4.80. The molecule has 1 aliphatic rings. The van der Waals surface area contributed by atoms with Gasteiger partial charge in [-0.3, -0.25) is 5.10 Å². The first-order valence-electron chi connectivity index (χ1n) is 6.04. The fraction of sp³-hybridized carbons (Fsp3) is 0.800. The highest BCUT2D eigenvalue weighted by molar-refractivity contribution is 5.33. The van der Waals surface area contributed by atoms with E-state index in [2.05, 4.69) is 10.1 Å². The number of nitrogens with one attached hydrogen (secondary N) is 1. The Balaban J connectivity index is 2.25.